The normalized spacial score (nSPS) is 10.3. The fourth-order valence-corrected chi connectivity index (χ4v) is 2.64. The van der Waals surface area contributed by atoms with Crippen molar-refractivity contribution in [2.75, 3.05) is 11.1 Å². The molecule has 0 heterocycles. The second-order valence-corrected chi connectivity index (χ2v) is 5.92. The first kappa shape index (κ1) is 17.2. The maximum absolute atomic E-state index is 12.4. The topological polar surface area (TPSA) is 92.4 Å². The van der Waals surface area contributed by atoms with E-state index >= 15 is 0 Å². The summed E-state index contributed by atoms with van der Waals surface area (Å²) in [5.41, 5.74) is 9.37. The highest BCUT2D eigenvalue weighted by Crippen LogP contribution is 2.17. The van der Waals surface area contributed by atoms with Crippen LogP contribution in [0.5, 0.6) is 0 Å². The number of anilines is 2. The summed E-state index contributed by atoms with van der Waals surface area (Å²) >= 11 is 0. The van der Waals surface area contributed by atoms with Gasteiger partial charge in [-0.25, -0.2) is 4.79 Å². The number of carbonyl (C=O) groups is 2. The highest BCUT2D eigenvalue weighted by molar-refractivity contribution is 6.10. The Bertz CT molecular complexity index is 932. The van der Waals surface area contributed by atoms with E-state index < -0.39 is 11.9 Å². The Kier molecular flexibility index (Phi) is 4.99. The number of benzene rings is 3. The summed E-state index contributed by atoms with van der Waals surface area (Å²) in [6.45, 7) is 0. The second-order valence-electron chi connectivity index (χ2n) is 5.92. The Labute approximate surface area is 151 Å². The minimum atomic E-state index is -1.13. The third-order valence-electron chi connectivity index (χ3n) is 4.00. The van der Waals surface area contributed by atoms with Crippen LogP contribution in [0.4, 0.5) is 11.4 Å². The van der Waals surface area contributed by atoms with Crippen LogP contribution in [-0.2, 0) is 6.42 Å². The van der Waals surface area contributed by atoms with Crippen LogP contribution < -0.4 is 11.1 Å². The SMILES string of the molecule is Nc1ccc(Cc2ccc(NC(=O)c3ccccc3C(=O)O)cc2)cc1. The number of nitrogen functional groups attached to an aromatic ring is 1. The average molecular weight is 346 g/mol. The number of nitrogens with two attached hydrogens (primary N) is 1. The largest absolute Gasteiger partial charge is 0.478 e. The minimum Gasteiger partial charge on any atom is -0.478 e. The van der Waals surface area contributed by atoms with E-state index in [1.165, 1.54) is 12.1 Å². The van der Waals surface area contributed by atoms with Gasteiger partial charge in [-0.1, -0.05) is 36.4 Å². The molecule has 0 fully saturated rings. The molecule has 1 amide bonds. The van der Waals surface area contributed by atoms with Crippen LogP contribution in [0.25, 0.3) is 0 Å². The first-order valence-corrected chi connectivity index (χ1v) is 8.10. The number of aromatic carboxylic acids is 1. The number of carboxylic acids is 1. The standard InChI is InChI=1S/C21H18N2O3/c22-16-9-5-14(6-10-16)13-15-7-11-17(12-8-15)23-20(24)18-3-1-2-4-19(18)21(25)26/h1-12H,13,22H2,(H,23,24)(H,25,26). The fraction of sp³-hybridized carbons (Fsp3) is 0.0476. The van der Waals surface area contributed by atoms with Gasteiger partial charge in [0, 0.05) is 11.4 Å². The lowest BCUT2D eigenvalue weighted by atomic mass is 10.0. The Morgan fingerprint density at radius 3 is 1.92 bits per heavy atom. The number of hydrogen-bond donors (Lipinski definition) is 3. The zero-order valence-corrected chi connectivity index (χ0v) is 14.0. The van der Waals surface area contributed by atoms with Crippen LogP contribution in [0.1, 0.15) is 31.8 Å². The maximum Gasteiger partial charge on any atom is 0.336 e. The van der Waals surface area contributed by atoms with E-state index in [0.29, 0.717) is 5.69 Å². The quantitative estimate of drug-likeness (QED) is 0.613. The molecule has 5 heteroatoms. The molecule has 0 saturated carbocycles. The number of carbonyl (C=O) groups excluding carboxylic acids is 1. The molecule has 0 saturated heterocycles. The molecule has 0 atom stereocenters. The molecule has 0 bridgehead atoms. The van der Waals surface area contributed by atoms with Gasteiger partial charge >= 0.3 is 5.97 Å². The van der Waals surface area contributed by atoms with Crippen LogP contribution in [-0.4, -0.2) is 17.0 Å². The number of hydrogen-bond acceptors (Lipinski definition) is 3. The summed E-state index contributed by atoms with van der Waals surface area (Å²) in [6.07, 6.45) is 0.760. The monoisotopic (exact) mass is 346 g/mol. The van der Waals surface area contributed by atoms with E-state index in [2.05, 4.69) is 5.32 Å². The van der Waals surface area contributed by atoms with Gasteiger partial charge in [-0.05, 0) is 53.9 Å². The van der Waals surface area contributed by atoms with Crippen molar-refractivity contribution in [1.82, 2.24) is 0 Å². The van der Waals surface area contributed by atoms with E-state index in [4.69, 9.17) is 5.73 Å². The Hall–Kier alpha value is -3.60. The van der Waals surface area contributed by atoms with E-state index in [0.717, 1.165) is 23.2 Å². The van der Waals surface area contributed by atoms with Crippen molar-refractivity contribution in [1.29, 1.82) is 0 Å². The van der Waals surface area contributed by atoms with E-state index in [1.54, 1.807) is 24.3 Å². The molecule has 3 aromatic rings. The lowest BCUT2D eigenvalue weighted by Gasteiger charge is -2.09. The second kappa shape index (κ2) is 7.53. The highest BCUT2D eigenvalue weighted by atomic mass is 16.4. The van der Waals surface area contributed by atoms with Gasteiger partial charge < -0.3 is 16.2 Å². The molecule has 3 rings (SSSR count). The van der Waals surface area contributed by atoms with E-state index in [9.17, 15) is 14.7 Å². The van der Waals surface area contributed by atoms with Crippen LogP contribution in [0.3, 0.4) is 0 Å². The van der Waals surface area contributed by atoms with Gasteiger partial charge in [0.15, 0.2) is 0 Å². The number of rotatable bonds is 5. The van der Waals surface area contributed by atoms with Crippen molar-refractivity contribution < 1.29 is 14.7 Å². The molecule has 130 valence electrons. The summed E-state index contributed by atoms with van der Waals surface area (Å²) in [5.74, 6) is -1.58. The number of carboxylic acid groups (broad SMARTS) is 1. The van der Waals surface area contributed by atoms with Crippen molar-refractivity contribution in [3.63, 3.8) is 0 Å². The third kappa shape index (κ3) is 4.08. The Balaban J connectivity index is 1.70. The Morgan fingerprint density at radius 1 is 0.808 bits per heavy atom. The number of amides is 1. The lowest BCUT2D eigenvalue weighted by molar-refractivity contribution is 0.0692. The van der Waals surface area contributed by atoms with Crippen LogP contribution >= 0.6 is 0 Å². The predicted octanol–water partition coefficient (Wildman–Crippen LogP) is 3.81. The van der Waals surface area contributed by atoms with E-state index in [-0.39, 0.29) is 11.1 Å². The summed E-state index contributed by atoms with van der Waals surface area (Å²) in [7, 11) is 0. The van der Waals surface area contributed by atoms with Crippen molar-refractivity contribution in [2.24, 2.45) is 0 Å². The molecule has 0 spiro atoms. The van der Waals surface area contributed by atoms with Gasteiger partial charge in [0.25, 0.3) is 5.91 Å². The molecule has 0 aromatic heterocycles. The molecule has 0 radical (unpaired) electrons. The van der Waals surface area contributed by atoms with Gasteiger partial charge in [0.1, 0.15) is 0 Å². The molecule has 0 unspecified atom stereocenters. The van der Waals surface area contributed by atoms with E-state index in [1.807, 2.05) is 36.4 Å². The maximum atomic E-state index is 12.4. The molecular weight excluding hydrogens is 328 g/mol. The molecule has 5 nitrogen and oxygen atoms in total. The lowest BCUT2D eigenvalue weighted by Crippen LogP contribution is -2.16. The molecule has 0 aliphatic carbocycles. The molecule has 0 aliphatic rings. The summed E-state index contributed by atoms with van der Waals surface area (Å²) < 4.78 is 0. The first-order valence-electron chi connectivity index (χ1n) is 8.10. The molecular formula is C21H18N2O3. The van der Waals surface area contributed by atoms with Crippen LogP contribution in [0.15, 0.2) is 72.8 Å². The zero-order valence-electron chi connectivity index (χ0n) is 14.0. The first-order chi connectivity index (χ1) is 12.5. The van der Waals surface area contributed by atoms with Gasteiger partial charge in [-0.15, -0.1) is 0 Å². The minimum absolute atomic E-state index is 0.0232. The van der Waals surface area contributed by atoms with Crippen molar-refractivity contribution >= 4 is 23.3 Å². The van der Waals surface area contributed by atoms with Crippen molar-refractivity contribution in [2.45, 2.75) is 6.42 Å². The summed E-state index contributed by atoms with van der Waals surface area (Å²) in [4.78, 5) is 23.6. The zero-order chi connectivity index (χ0) is 18.5. The average Bonchev–Trinajstić information content (AvgIpc) is 2.65. The summed E-state index contributed by atoms with van der Waals surface area (Å²) in [6, 6.07) is 21.3. The van der Waals surface area contributed by atoms with Gasteiger partial charge in [0.2, 0.25) is 0 Å². The number of nitrogens with one attached hydrogen (secondary N) is 1. The molecule has 4 N–H and O–H groups in total. The smallest absolute Gasteiger partial charge is 0.336 e. The molecule has 26 heavy (non-hydrogen) atoms. The molecule has 0 aliphatic heterocycles. The van der Waals surface area contributed by atoms with Gasteiger partial charge in [0.05, 0.1) is 11.1 Å². The third-order valence-corrected chi connectivity index (χ3v) is 4.00. The van der Waals surface area contributed by atoms with Gasteiger partial charge in [-0.2, -0.15) is 0 Å². The molecule has 3 aromatic carbocycles. The highest BCUT2D eigenvalue weighted by Gasteiger charge is 2.15. The van der Waals surface area contributed by atoms with Crippen LogP contribution in [0, 0.1) is 0 Å². The Morgan fingerprint density at radius 2 is 1.35 bits per heavy atom. The van der Waals surface area contributed by atoms with Crippen molar-refractivity contribution in [3.05, 3.63) is 95.1 Å². The van der Waals surface area contributed by atoms with Gasteiger partial charge in [-0.3, -0.25) is 4.79 Å². The van der Waals surface area contributed by atoms with Crippen molar-refractivity contribution in [3.8, 4) is 0 Å². The summed E-state index contributed by atoms with van der Waals surface area (Å²) in [5, 5.41) is 11.9. The fourth-order valence-electron chi connectivity index (χ4n) is 2.64. The predicted molar refractivity (Wildman–Crippen MR) is 101 cm³/mol. The van der Waals surface area contributed by atoms with Crippen LogP contribution in [0.2, 0.25) is 0 Å².